The van der Waals surface area contributed by atoms with Crippen LogP contribution in [0.5, 0.6) is 5.75 Å². The Morgan fingerprint density at radius 1 is 0.879 bits per heavy atom. The maximum Gasteiger partial charge on any atom is 0.326 e. The number of benzene rings is 1. The molecule has 0 saturated heterocycles. The van der Waals surface area contributed by atoms with Gasteiger partial charge in [-0.05, 0) is 17.7 Å². The number of carbonyl (C=O) groups excluding carboxylic acids is 4. The van der Waals surface area contributed by atoms with E-state index in [9.17, 15) is 39.0 Å². The minimum Gasteiger partial charge on any atom is -0.508 e. The van der Waals surface area contributed by atoms with E-state index >= 15 is 0 Å². The van der Waals surface area contributed by atoms with Gasteiger partial charge in [0.1, 0.15) is 17.8 Å². The summed E-state index contributed by atoms with van der Waals surface area (Å²) in [5.74, 6) is -6.57. The van der Waals surface area contributed by atoms with Gasteiger partial charge in [-0.15, -0.1) is 0 Å². The molecule has 0 saturated carbocycles. The molecule has 3 unspecified atom stereocenters. The number of phenols is 1. The number of primary amides is 1. The molecule has 4 amide bonds. The Bertz CT molecular complexity index is 903. The van der Waals surface area contributed by atoms with E-state index < -0.39 is 73.1 Å². The first-order valence-corrected chi connectivity index (χ1v) is 9.52. The maximum absolute atomic E-state index is 12.3. The highest BCUT2D eigenvalue weighted by Gasteiger charge is 2.27. The van der Waals surface area contributed by atoms with Gasteiger partial charge in [-0.2, -0.15) is 0 Å². The third-order valence-electron chi connectivity index (χ3n) is 4.20. The third kappa shape index (κ3) is 10.1. The zero-order chi connectivity index (χ0) is 25.1. The lowest BCUT2D eigenvalue weighted by Gasteiger charge is -2.19. The van der Waals surface area contributed by atoms with Gasteiger partial charge in [-0.1, -0.05) is 12.1 Å². The highest BCUT2D eigenvalue weighted by Crippen LogP contribution is 2.11. The minimum absolute atomic E-state index is 0.0149. The van der Waals surface area contributed by atoms with Crippen LogP contribution in [0.2, 0.25) is 0 Å². The summed E-state index contributed by atoms with van der Waals surface area (Å²) >= 11 is 0. The zero-order valence-corrected chi connectivity index (χ0v) is 17.3. The van der Waals surface area contributed by atoms with Crippen LogP contribution in [-0.4, -0.2) is 75.6 Å². The predicted molar refractivity (Wildman–Crippen MR) is 110 cm³/mol. The average Bonchev–Trinajstić information content (AvgIpc) is 2.71. The quantitative estimate of drug-likeness (QED) is 0.144. The van der Waals surface area contributed by atoms with Crippen molar-refractivity contribution >= 4 is 35.6 Å². The van der Waals surface area contributed by atoms with Crippen molar-refractivity contribution in [2.75, 3.05) is 6.54 Å². The number of hydrogen-bond donors (Lipinski definition) is 8. The van der Waals surface area contributed by atoms with E-state index in [0.29, 0.717) is 5.56 Å². The molecular formula is C19H25N5O9. The fourth-order valence-corrected chi connectivity index (χ4v) is 2.57. The van der Waals surface area contributed by atoms with Crippen LogP contribution in [0.3, 0.4) is 0 Å². The van der Waals surface area contributed by atoms with E-state index in [1.807, 2.05) is 0 Å². The van der Waals surface area contributed by atoms with E-state index in [0.717, 1.165) is 0 Å². The molecule has 0 aliphatic rings. The van der Waals surface area contributed by atoms with Crippen LogP contribution in [0.1, 0.15) is 18.4 Å². The van der Waals surface area contributed by atoms with Crippen LogP contribution in [0, 0.1) is 0 Å². The molecule has 1 rings (SSSR count). The van der Waals surface area contributed by atoms with Crippen molar-refractivity contribution in [1.82, 2.24) is 16.0 Å². The number of nitrogens with one attached hydrogen (secondary N) is 3. The van der Waals surface area contributed by atoms with Crippen LogP contribution < -0.4 is 27.4 Å². The van der Waals surface area contributed by atoms with Gasteiger partial charge in [0.05, 0.1) is 25.4 Å². The Morgan fingerprint density at radius 3 is 2.00 bits per heavy atom. The number of carboxylic acids is 2. The SMILES string of the molecule is NC(=O)CC(NC(=O)C(N)CC(=O)O)C(=O)NCC(=O)NC(Cc1ccc(O)cc1)C(=O)O. The van der Waals surface area contributed by atoms with Crippen LogP contribution in [0.25, 0.3) is 0 Å². The van der Waals surface area contributed by atoms with Crippen molar-refractivity contribution < 1.29 is 44.1 Å². The molecule has 14 heteroatoms. The maximum atomic E-state index is 12.3. The molecule has 0 spiro atoms. The monoisotopic (exact) mass is 467 g/mol. The van der Waals surface area contributed by atoms with Crippen molar-refractivity contribution in [1.29, 1.82) is 0 Å². The molecule has 0 bridgehead atoms. The van der Waals surface area contributed by atoms with Crippen LogP contribution in [0.15, 0.2) is 24.3 Å². The summed E-state index contributed by atoms with van der Waals surface area (Å²) in [4.78, 5) is 69.6. The van der Waals surface area contributed by atoms with E-state index in [-0.39, 0.29) is 12.2 Å². The van der Waals surface area contributed by atoms with E-state index in [2.05, 4.69) is 16.0 Å². The highest BCUT2D eigenvalue weighted by molar-refractivity contribution is 5.95. The first-order valence-electron chi connectivity index (χ1n) is 9.52. The lowest BCUT2D eigenvalue weighted by molar-refractivity contribution is -0.141. The summed E-state index contributed by atoms with van der Waals surface area (Å²) in [6.07, 6.45) is -1.48. The zero-order valence-electron chi connectivity index (χ0n) is 17.3. The molecule has 180 valence electrons. The van der Waals surface area contributed by atoms with Crippen LogP contribution in [-0.2, 0) is 35.2 Å². The largest absolute Gasteiger partial charge is 0.508 e. The average molecular weight is 467 g/mol. The van der Waals surface area contributed by atoms with E-state index in [1.165, 1.54) is 24.3 Å². The second-order valence-corrected chi connectivity index (χ2v) is 6.98. The number of carboxylic acid groups (broad SMARTS) is 2. The Labute approximate surface area is 187 Å². The van der Waals surface area contributed by atoms with E-state index in [1.54, 1.807) is 0 Å². The van der Waals surface area contributed by atoms with Gasteiger partial charge >= 0.3 is 11.9 Å². The molecule has 0 aromatic heterocycles. The third-order valence-corrected chi connectivity index (χ3v) is 4.20. The van der Waals surface area contributed by atoms with Crippen molar-refractivity contribution in [2.45, 2.75) is 37.4 Å². The van der Waals surface area contributed by atoms with Crippen molar-refractivity contribution in [3.63, 3.8) is 0 Å². The smallest absolute Gasteiger partial charge is 0.326 e. The number of hydrogen-bond acceptors (Lipinski definition) is 8. The number of amides is 4. The number of aromatic hydroxyl groups is 1. The molecule has 33 heavy (non-hydrogen) atoms. The standard InChI is InChI=1S/C19H25N5O9/c20-11(6-16(28)29)17(30)24-12(7-14(21)26)18(31)22-8-15(27)23-13(19(32)33)5-9-1-3-10(25)4-2-9/h1-4,11-13,25H,5-8,20H2,(H2,21,26)(H,22,31)(H,23,27)(H,24,30)(H,28,29)(H,32,33). The van der Waals surface area contributed by atoms with Gasteiger partial charge in [-0.25, -0.2) is 4.79 Å². The fraction of sp³-hybridized carbons (Fsp3) is 0.368. The van der Waals surface area contributed by atoms with Gasteiger partial charge < -0.3 is 42.7 Å². The molecular weight excluding hydrogens is 442 g/mol. The summed E-state index contributed by atoms with van der Waals surface area (Å²) in [6.45, 7) is -0.690. The second-order valence-electron chi connectivity index (χ2n) is 6.98. The number of rotatable bonds is 13. The lowest BCUT2D eigenvalue weighted by Crippen LogP contribution is -2.54. The summed E-state index contributed by atoms with van der Waals surface area (Å²) in [7, 11) is 0. The molecule has 14 nitrogen and oxygen atoms in total. The first-order chi connectivity index (χ1) is 15.4. The number of nitrogens with two attached hydrogens (primary N) is 2. The second kappa shape index (κ2) is 12.6. The molecule has 0 fully saturated rings. The van der Waals surface area contributed by atoms with Gasteiger partial charge in [0.15, 0.2) is 0 Å². The summed E-state index contributed by atoms with van der Waals surface area (Å²) in [6, 6.07) is 1.29. The number of phenolic OH excluding ortho intramolecular Hbond substituents is 1. The Morgan fingerprint density at radius 2 is 1.48 bits per heavy atom. The van der Waals surface area contributed by atoms with Crippen LogP contribution in [0.4, 0.5) is 0 Å². The number of aliphatic carboxylic acids is 2. The topological polar surface area (TPSA) is 251 Å². The van der Waals surface area contributed by atoms with Crippen LogP contribution >= 0.6 is 0 Å². The first kappa shape index (κ1) is 26.8. The molecule has 0 radical (unpaired) electrons. The fourth-order valence-electron chi connectivity index (χ4n) is 2.57. The molecule has 1 aromatic rings. The molecule has 1 aromatic carbocycles. The molecule has 0 aliphatic heterocycles. The van der Waals surface area contributed by atoms with Gasteiger partial charge in [0.25, 0.3) is 0 Å². The molecule has 0 heterocycles. The van der Waals surface area contributed by atoms with Gasteiger partial charge in [0.2, 0.25) is 23.6 Å². The Kier molecular flexibility index (Phi) is 10.3. The predicted octanol–water partition coefficient (Wildman–Crippen LogP) is -3.22. The Hall–Kier alpha value is -4.20. The summed E-state index contributed by atoms with van der Waals surface area (Å²) in [5, 5.41) is 33.7. The van der Waals surface area contributed by atoms with Crippen molar-refractivity contribution in [2.24, 2.45) is 11.5 Å². The highest BCUT2D eigenvalue weighted by atomic mass is 16.4. The summed E-state index contributed by atoms with van der Waals surface area (Å²) < 4.78 is 0. The number of carbonyl (C=O) groups is 6. The molecule has 10 N–H and O–H groups in total. The molecule has 3 atom stereocenters. The van der Waals surface area contributed by atoms with E-state index in [4.69, 9.17) is 16.6 Å². The minimum atomic E-state index is -1.53. The van der Waals surface area contributed by atoms with Crippen molar-refractivity contribution in [3.8, 4) is 5.75 Å². The molecule has 0 aliphatic carbocycles. The Balaban J connectivity index is 2.69. The normalized spacial score (nSPS) is 13.1. The van der Waals surface area contributed by atoms with Gasteiger partial charge in [-0.3, -0.25) is 24.0 Å². The summed E-state index contributed by atoms with van der Waals surface area (Å²) in [5.41, 5.74) is 11.0. The lowest BCUT2D eigenvalue weighted by atomic mass is 10.1. The van der Waals surface area contributed by atoms with Crippen molar-refractivity contribution in [3.05, 3.63) is 29.8 Å². The van der Waals surface area contributed by atoms with Gasteiger partial charge in [0, 0.05) is 6.42 Å².